The maximum absolute atomic E-state index is 15.4. The topological polar surface area (TPSA) is 153 Å². The van der Waals surface area contributed by atoms with Crippen molar-refractivity contribution in [3.63, 3.8) is 0 Å². The lowest BCUT2D eigenvalue weighted by Crippen LogP contribution is -2.60. The van der Waals surface area contributed by atoms with Crippen LogP contribution in [0, 0.1) is 0 Å². The third kappa shape index (κ3) is 10.4. The minimum absolute atomic E-state index is 0.0334. The van der Waals surface area contributed by atoms with Gasteiger partial charge in [0.15, 0.2) is 24.7 Å². The molecule has 2 fully saturated rings. The summed E-state index contributed by atoms with van der Waals surface area (Å²) < 4.78 is 55.1. The highest BCUT2D eigenvalue weighted by Gasteiger charge is 2.51. The number of para-hydroxylation sites is 2. The molecule has 0 radical (unpaired) electrons. The number of hydrogen-bond donors (Lipinski definition) is 0. The second-order valence-corrected chi connectivity index (χ2v) is 12.1. The van der Waals surface area contributed by atoms with Crippen LogP contribution in [0.4, 0.5) is 10.1 Å². The average molecular weight is 714 g/mol. The second kappa shape index (κ2) is 17.9. The van der Waals surface area contributed by atoms with Crippen molar-refractivity contribution in [1.82, 2.24) is 19.9 Å². The lowest BCUT2D eigenvalue weighted by molar-refractivity contribution is -0.292. The lowest BCUT2D eigenvalue weighted by Gasteiger charge is -2.41. The summed E-state index contributed by atoms with van der Waals surface area (Å²) >= 11 is 0. The number of halogens is 1. The van der Waals surface area contributed by atoms with E-state index in [1.807, 2.05) is 48.7 Å². The van der Waals surface area contributed by atoms with E-state index in [2.05, 4.69) is 26.2 Å². The molecule has 0 bridgehead atoms. The summed E-state index contributed by atoms with van der Waals surface area (Å²) in [5.41, 5.74) is 2.80. The van der Waals surface area contributed by atoms with E-state index in [1.165, 1.54) is 6.92 Å². The SMILES string of the molecule is COc1ccccc1N1CCN(Cc2cn(-c3ccc(OCCCOC4O[C@H](COC(C)=O)[C@@H](OC(C)=O)[C@H](OC(C)=O)[C@H]4F)cc3)nn2)CC1. The van der Waals surface area contributed by atoms with Crippen LogP contribution < -0.4 is 14.4 Å². The Morgan fingerprint density at radius 1 is 0.902 bits per heavy atom. The molecule has 0 spiro atoms. The number of anilines is 1. The van der Waals surface area contributed by atoms with Crippen LogP contribution in [0.3, 0.4) is 0 Å². The van der Waals surface area contributed by atoms with Gasteiger partial charge in [0.05, 0.1) is 43.6 Å². The fourth-order valence-corrected chi connectivity index (χ4v) is 5.90. The van der Waals surface area contributed by atoms with E-state index >= 15 is 4.39 Å². The van der Waals surface area contributed by atoms with Gasteiger partial charge < -0.3 is 38.1 Å². The monoisotopic (exact) mass is 713 g/mol. The highest BCUT2D eigenvalue weighted by Crippen LogP contribution is 2.30. The van der Waals surface area contributed by atoms with E-state index in [4.69, 9.17) is 33.2 Å². The van der Waals surface area contributed by atoms with Gasteiger partial charge in [-0.3, -0.25) is 19.3 Å². The average Bonchev–Trinajstić information content (AvgIpc) is 3.58. The number of carbonyl (C=O) groups is 3. The van der Waals surface area contributed by atoms with Crippen LogP contribution in [0.25, 0.3) is 5.69 Å². The highest BCUT2D eigenvalue weighted by atomic mass is 19.1. The zero-order valence-corrected chi connectivity index (χ0v) is 29.1. The van der Waals surface area contributed by atoms with Gasteiger partial charge in [-0.1, -0.05) is 17.3 Å². The number of ether oxygens (including phenoxy) is 7. The van der Waals surface area contributed by atoms with Crippen LogP contribution in [-0.2, 0) is 44.6 Å². The zero-order valence-electron chi connectivity index (χ0n) is 29.1. The first-order chi connectivity index (χ1) is 24.6. The molecule has 0 aliphatic carbocycles. The van der Waals surface area contributed by atoms with Crippen molar-refractivity contribution in [2.24, 2.45) is 0 Å². The van der Waals surface area contributed by atoms with Crippen molar-refractivity contribution in [1.29, 1.82) is 0 Å². The Bertz CT molecular complexity index is 1600. The Hall–Kier alpha value is -4.80. The molecular weight excluding hydrogens is 669 g/mol. The standard InChI is InChI=1S/C35H44FN5O10/c1-23(42)48-22-31-33(49-24(2)43)34(50-25(3)44)32(36)35(51-31)47-19-7-18-46-28-12-10-27(11-13-28)41-21-26(37-38-41)20-39-14-16-40(17-15-39)29-8-5-6-9-30(29)45-4/h5-6,8-13,21,31-35H,7,14-20,22H2,1-4H3/t31-,32-,33-,34-,35?/m1/s1. The summed E-state index contributed by atoms with van der Waals surface area (Å²) in [5.74, 6) is -0.659. The minimum Gasteiger partial charge on any atom is -0.495 e. The predicted molar refractivity (Wildman–Crippen MR) is 179 cm³/mol. The van der Waals surface area contributed by atoms with Crippen molar-refractivity contribution in [3.05, 3.63) is 60.4 Å². The van der Waals surface area contributed by atoms with Gasteiger partial charge in [0.25, 0.3) is 0 Å². The van der Waals surface area contributed by atoms with E-state index in [-0.39, 0.29) is 19.8 Å². The first-order valence-corrected chi connectivity index (χ1v) is 16.7. The molecule has 2 aliphatic rings. The van der Waals surface area contributed by atoms with Crippen molar-refractivity contribution in [2.75, 3.05) is 58.0 Å². The lowest BCUT2D eigenvalue weighted by atomic mass is 9.99. The molecule has 51 heavy (non-hydrogen) atoms. The Morgan fingerprint density at radius 2 is 1.61 bits per heavy atom. The van der Waals surface area contributed by atoms with Gasteiger partial charge in [0.1, 0.15) is 24.2 Å². The molecule has 0 saturated carbocycles. The van der Waals surface area contributed by atoms with E-state index in [0.29, 0.717) is 18.7 Å². The Labute approximate surface area is 295 Å². The molecule has 3 heterocycles. The largest absolute Gasteiger partial charge is 0.495 e. The van der Waals surface area contributed by atoms with E-state index < -0.39 is 48.7 Å². The van der Waals surface area contributed by atoms with Crippen molar-refractivity contribution < 1.29 is 51.9 Å². The number of rotatable bonds is 15. The van der Waals surface area contributed by atoms with Crippen molar-refractivity contribution >= 4 is 23.6 Å². The molecule has 5 rings (SSSR count). The van der Waals surface area contributed by atoms with E-state index in [9.17, 15) is 14.4 Å². The van der Waals surface area contributed by atoms with Crippen LogP contribution in [0.5, 0.6) is 11.5 Å². The molecule has 5 atom stereocenters. The maximum Gasteiger partial charge on any atom is 0.303 e. The van der Waals surface area contributed by atoms with Crippen LogP contribution in [-0.4, -0.2) is 122 Å². The molecular formula is C35H44FN5O10. The Kier molecular flexibility index (Phi) is 13.2. The van der Waals surface area contributed by atoms with Crippen LogP contribution >= 0.6 is 0 Å². The molecule has 1 aromatic heterocycles. The fourth-order valence-electron chi connectivity index (χ4n) is 5.90. The predicted octanol–water partition coefficient (Wildman–Crippen LogP) is 2.87. The van der Waals surface area contributed by atoms with Gasteiger partial charge in [-0.05, 0) is 36.4 Å². The normalized spacial score (nSPS) is 22.2. The first-order valence-electron chi connectivity index (χ1n) is 16.7. The van der Waals surface area contributed by atoms with Gasteiger partial charge >= 0.3 is 17.9 Å². The fraction of sp³-hybridized carbons (Fsp3) is 0.514. The molecule has 276 valence electrons. The second-order valence-electron chi connectivity index (χ2n) is 12.1. The number of hydrogen-bond acceptors (Lipinski definition) is 14. The molecule has 3 aromatic rings. The summed E-state index contributed by atoms with van der Waals surface area (Å²) in [6.45, 7) is 7.59. The van der Waals surface area contributed by atoms with E-state index in [1.54, 1.807) is 11.8 Å². The molecule has 0 amide bonds. The quantitative estimate of drug-likeness (QED) is 0.129. The van der Waals surface area contributed by atoms with Gasteiger partial charge in [0.2, 0.25) is 0 Å². The molecule has 2 aliphatic heterocycles. The molecule has 2 saturated heterocycles. The van der Waals surface area contributed by atoms with Crippen molar-refractivity contribution in [3.8, 4) is 17.2 Å². The number of aromatic nitrogens is 3. The third-order valence-corrected chi connectivity index (χ3v) is 8.29. The van der Waals surface area contributed by atoms with Gasteiger partial charge in [-0.15, -0.1) is 5.10 Å². The minimum atomic E-state index is -1.98. The molecule has 16 heteroatoms. The molecule has 1 unspecified atom stereocenters. The van der Waals surface area contributed by atoms with Crippen LogP contribution in [0.2, 0.25) is 0 Å². The smallest absolute Gasteiger partial charge is 0.303 e. The number of carbonyl (C=O) groups excluding carboxylic acids is 3. The Morgan fingerprint density at radius 3 is 2.29 bits per heavy atom. The van der Waals surface area contributed by atoms with E-state index in [0.717, 1.165) is 62.8 Å². The van der Waals surface area contributed by atoms with Gasteiger partial charge in [-0.25, -0.2) is 9.07 Å². The van der Waals surface area contributed by atoms with Crippen LogP contribution in [0.1, 0.15) is 32.9 Å². The summed E-state index contributed by atoms with van der Waals surface area (Å²) in [6.07, 6.45) is -5.17. The van der Waals surface area contributed by atoms with Gasteiger partial charge in [-0.2, -0.15) is 0 Å². The Balaban J connectivity index is 1.06. The molecule has 2 aromatic carbocycles. The first kappa shape index (κ1) is 37.5. The third-order valence-electron chi connectivity index (χ3n) is 8.29. The summed E-state index contributed by atoms with van der Waals surface area (Å²) in [7, 11) is 1.69. The van der Waals surface area contributed by atoms with Gasteiger partial charge in [0, 0.05) is 59.9 Å². The van der Waals surface area contributed by atoms with Crippen LogP contribution in [0.15, 0.2) is 54.7 Å². The molecule has 0 N–H and O–H groups in total. The number of nitrogens with zero attached hydrogens (tertiary/aromatic N) is 5. The highest BCUT2D eigenvalue weighted by molar-refractivity contribution is 5.68. The maximum atomic E-state index is 15.4. The number of piperazine rings is 1. The van der Waals surface area contributed by atoms with Crippen molar-refractivity contribution in [2.45, 2.75) is 64.5 Å². The summed E-state index contributed by atoms with van der Waals surface area (Å²) in [6, 6.07) is 15.4. The summed E-state index contributed by atoms with van der Waals surface area (Å²) in [4.78, 5) is 39.5. The number of benzene rings is 2. The number of methoxy groups -OCH3 is 1. The zero-order chi connectivity index (χ0) is 36.3. The number of alkyl halides is 1. The molecule has 15 nitrogen and oxygen atoms in total. The summed E-state index contributed by atoms with van der Waals surface area (Å²) in [5, 5.41) is 8.68. The number of esters is 3.